The molecule has 0 atom stereocenters. The molecule has 1 aliphatic carbocycles. The van der Waals surface area contributed by atoms with Gasteiger partial charge in [0.05, 0.1) is 12.1 Å². The van der Waals surface area contributed by atoms with E-state index in [0.717, 1.165) is 6.07 Å². The van der Waals surface area contributed by atoms with E-state index in [9.17, 15) is 12.8 Å². The summed E-state index contributed by atoms with van der Waals surface area (Å²) in [4.78, 5) is -0.402. The first kappa shape index (κ1) is 12.9. The molecule has 1 fully saturated rings. The molecule has 1 saturated carbocycles. The van der Waals surface area contributed by atoms with Gasteiger partial charge in [0.15, 0.2) is 0 Å². The summed E-state index contributed by atoms with van der Waals surface area (Å²) in [6, 6.07) is 3.73. The first-order valence-electron chi connectivity index (χ1n) is 4.98. The monoisotopic (exact) mass is 323 g/mol. The molecule has 1 aliphatic rings. The van der Waals surface area contributed by atoms with Crippen LogP contribution in [0, 0.1) is 5.82 Å². The number of hydrogen-bond acceptors (Lipinski definition) is 3. The number of benzene rings is 1. The Bertz CT molecular complexity index is 542. The largest absolute Gasteiger partial charge is 0.394 e. The summed E-state index contributed by atoms with van der Waals surface area (Å²) in [5, 5.41) is 9.05. The number of nitrogens with one attached hydrogen (secondary N) is 1. The van der Waals surface area contributed by atoms with E-state index in [-0.39, 0.29) is 6.61 Å². The maximum absolute atomic E-state index is 13.5. The second-order valence-electron chi connectivity index (χ2n) is 4.12. The van der Waals surface area contributed by atoms with E-state index in [4.69, 9.17) is 5.11 Å². The summed E-state index contributed by atoms with van der Waals surface area (Å²) in [7, 11) is -3.92. The average molecular weight is 324 g/mol. The van der Waals surface area contributed by atoms with Crippen LogP contribution in [0.15, 0.2) is 27.6 Å². The highest BCUT2D eigenvalue weighted by molar-refractivity contribution is 9.10. The van der Waals surface area contributed by atoms with Gasteiger partial charge in [-0.15, -0.1) is 0 Å². The molecule has 0 aromatic heterocycles. The maximum Gasteiger partial charge on any atom is 0.244 e. The molecular weight excluding hydrogens is 313 g/mol. The summed E-state index contributed by atoms with van der Waals surface area (Å²) in [5.41, 5.74) is -0.793. The third kappa shape index (κ3) is 2.67. The lowest BCUT2D eigenvalue weighted by atomic mass is 10.3. The molecule has 1 aromatic carbocycles. The van der Waals surface area contributed by atoms with Crippen LogP contribution in [0.2, 0.25) is 0 Å². The van der Waals surface area contributed by atoms with Crippen molar-refractivity contribution >= 4 is 26.0 Å². The molecule has 0 saturated heterocycles. The van der Waals surface area contributed by atoms with E-state index in [1.54, 1.807) is 0 Å². The molecule has 0 amide bonds. The van der Waals surface area contributed by atoms with Crippen LogP contribution in [0.25, 0.3) is 0 Å². The van der Waals surface area contributed by atoms with Gasteiger partial charge in [-0.3, -0.25) is 0 Å². The van der Waals surface area contributed by atoms with Gasteiger partial charge in [-0.25, -0.2) is 17.5 Å². The van der Waals surface area contributed by atoms with E-state index in [1.165, 1.54) is 12.1 Å². The first-order chi connectivity index (χ1) is 7.88. The first-order valence-corrected chi connectivity index (χ1v) is 7.26. The Kier molecular flexibility index (Phi) is 3.28. The summed E-state index contributed by atoms with van der Waals surface area (Å²) in [6.45, 7) is -0.273. The van der Waals surface area contributed by atoms with E-state index >= 15 is 0 Å². The van der Waals surface area contributed by atoms with Crippen molar-refractivity contribution in [1.29, 1.82) is 0 Å². The van der Waals surface area contributed by atoms with Crippen LogP contribution in [-0.2, 0) is 10.0 Å². The Morgan fingerprint density at radius 1 is 1.47 bits per heavy atom. The van der Waals surface area contributed by atoms with Crippen molar-refractivity contribution in [3.8, 4) is 0 Å². The van der Waals surface area contributed by atoms with E-state index in [2.05, 4.69) is 20.7 Å². The third-order valence-corrected chi connectivity index (χ3v) is 4.80. The molecule has 7 heteroatoms. The molecule has 17 heavy (non-hydrogen) atoms. The molecule has 0 bridgehead atoms. The van der Waals surface area contributed by atoms with Crippen molar-refractivity contribution < 1.29 is 17.9 Å². The summed E-state index contributed by atoms with van der Waals surface area (Å²) in [5.74, 6) is -0.819. The molecule has 2 rings (SSSR count). The van der Waals surface area contributed by atoms with Gasteiger partial charge in [0.2, 0.25) is 10.0 Å². The smallest absolute Gasteiger partial charge is 0.244 e. The second kappa shape index (κ2) is 4.31. The predicted molar refractivity (Wildman–Crippen MR) is 63.5 cm³/mol. The van der Waals surface area contributed by atoms with Crippen LogP contribution in [0.4, 0.5) is 4.39 Å². The highest BCUT2D eigenvalue weighted by Crippen LogP contribution is 2.36. The van der Waals surface area contributed by atoms with Gasteiger partial charge in [-0.1, -0.05) is 15.9 Å². The Balaban J connectivity index is 2.32. The zero-order chi connectivity index (χ0) is 12.7. The fourth-order valence-corrected chi connectivity index (χ4v) is 3.32. The minimum atomic E-state index is -3.92. The van der Waals surface area contributed by atoms with Crippen LogP contribution in [-0.4, -0.2) is 25.7 Å². The minimum absolute atomic E-state index is 0.273. The SMILES string of the molecule is O=S(=O)(NC1(CO)CC1)c1ccc(Br)cc1F. The molecule has 0 aliphatic heterocycles. The van der Waals surface area contributed by atoms with Crippen molar-refractivity contribution in [3.05, 3.63) is 28.5 Å². The number of aliphatic hydroxyl groups is 1. The molecule has 1 aromatic rings. The quantitative estimate of drug-likeness (QED) is 0.880. The van der Waals surface area contributed by atoms with Crippen LogP contribution < -0.4 is 4.72 Å². The van der Waals surface area contributed by atoms with Gasteiger partial charge in [-0.2, -0.15) is 0 Å². The summed E-state index contributed by atoms with van der Waals surface area (Å²) < 4.78 is 40.1. The van der Waals surface area contributed by atoms with E-state index in [0.29, 0.717) is 17.3 Å². The van der Waals surface area contributed by atoms with Gasteiger partial charge in [0.1, 0.15) is 10.7 Å². The zero-order valence-corrected chi connectivity index (χ0v) is 11.2. The maximum atomic E-state index is 13.5. The number of rotatable bonds is 4. The van der Waals surface area contributed by atoms with E-state index in [1.807, 2.05) is 0 Å². The lowest BCUT2D eigenvalue weighted by molar-refractivity contribution is 0.246. The zero-order valence-electron chi connectivity index (χ0n) is 8.78. The van der Waals surface area contributed by atoms with Gasteiger partial charge in [-0.05, 0) is 31.0 Å². The molecule has 0 unspecified atom stereocenters. The Morgan fingerprint density at radius 3 is 2.59 bits per heavy atom. The van der Waals surface area contributed by atoms with Crippen LogP contribution in [0.5, 0.6) is 0 Å². The molecule has 94 valence electrons. The molecule has 0 spiro atoms. The minimum Gasteiger partial charge on any atom is -0.394 e. The number of halogens is 2. The van der Waals surface area contributed by atoms with Crippen molar-refractivity contribution in [2.45, 2.75) is 23.3 Å². The Hall–Kier alpha value is -0.500. The van der Waals surface area contributed by atoms with Crippen molar-refractivity contribution in [2.24, 2.45) is 0 Å². The van der Waals surface area contributed by atoms with Gasteiger partial charge < -0.3 is 5.11 Å². The van der Waals surface area contributed by atoms with Crippen LogP contribution in [0.3, 0.4) is 0 Å². The van der Waals surface area contributed by atoms with Gasteiger partial charge in [0.25, 0.3) is 0 Å². The number of sulfonamides is 1. The second-order valence-corrected chi connectivity index (χ2v) is 6.69. The molecule has 0 heterocycles. The average Bonchev–Trinajstić information content (AvgIpc) is 2.97. The molecule has 2 N–H and O–H groups in total. The van der Waals surface area contributed by atoms with Gasteiger partial charge in [0, 0.05) is 4.47 Å². The summed E-state index contributed by atoms with van der Waals surface area (Å²) >= 11 is 3.06. The number of hydrogen-bond donors (Lipinski definition) is 2. The predicted octanol–water partition coefficient (Wildman–Crippen LogP) is 1.39. The highest BCUT2D eigenvalue weighted by Gasteiger charge is 2.45. The van der Waals surface area contributed by atoms with Crippen LogP contribution in [0.1, 0.15) is 12.8 Å². The van der Waals surface area contributed by atoms with E-state index < -0.39 is 26.3 Å². The fourth-order valence-electron chi connectivity index (χ4n) is 1.48. The lowest BCUT2D eigenvalue weighted by Crippen LogP contribution is -2.39. The molecule has 0 radical (unpaired) electrons. The summed E-state index contributed by atoms with van der Waals surface area (Å²) in [6.07, 6.45) is 1.14. The molecule has 4 nitrogen and oxygen atoms in total. The van der Waals surface area contributed by atoms with Crippen molar-refractivity contribution in [1.82, 2.24) is 4.72 Å². The normalized spacial score (nSPS) is 18.1. The lowest BCUT2D eigenvalue weighted by Gasteiger charge is -2.14. The van der Waals surface area contributed by atoms with Crippen molar-refractivity contribution in [3.63, 3.8) is 0 Å². The topological polar surface area (TPSA) is 66.4 Å². The molecular formula is C10H11BrFNO3S. The van der Waals surface area contributed by atoms with Crippen LogP contribution >= 0.6 is 15.9 Å². The third-order valence-electron chi connectivity index (χ3n) is 2.69. The Labute approximate surface area is 107 Å². The van der Waals surface area contributed by atoms with Gasteiger partial charge >= 0.3 is 0 Å². The van der Waals surface area contributed by atoms with Crippen molar-refractivity contribution in [2.75, 3.05) is 6.61 Å². The Morgan fingerprint density at radius 2 is 2.12 bits per heavy atom. The highest BCUT2D eigenvalue weighted by atomic mass is 79.9. The number of aliphatic hydroxyl groups excluding tert-OH is 1. The standard InChI is InChI=1S/C10H11BrFNO3S/c11-7-1-2-9(8(12)5-7)17(15,16)13-10(6-14)3-4-10/h1-2,5,13-14H,3-4,6H2. The fraction of sp³-hybridized carbons (Fsp3) is 0.400.